The van der Waals surface area contributed by atoms with Crippen molar-refractivity contribution in [2.75, 3.05) is 6.16 Å². The summed E-state index contributed by atoms with van der Waals surface area (Å²) in [6.45, 7) is 0. The molecule has 8 heteroatoms. The Morgan fingerprint density at radius 2 is 1.71 bits per heavy atom. The first kappa shape index (κ1) is 17.4. The number of carboxylic acid groups (broad SMARTS) is 2. The van der Waals surface area contributed by atoms with Crippen LogP contribution in [0.25, 0.3) is 0 Å². The van der Waals surface area contributed by atoms with E-state index in [0.29, 0.717) is 5.56 Å². The summed E-state index contributed by atoms with van der Waals surface area (Å²) >= 11 is 0. The first-order valence-electron chi connectivity index (χ1n) is 6.35. The maximum atomic E-state index is 12.2. The van der Waals surface area contributed by atoms with Crippen LogP contribution in [0.5, 0.6) is 0 Å². The SMILES string of the molecule is [NH3+][C@@H](CC(CP(=O)(O)Cc1ccccc1)C(=O)O)C(=O)O. The Balaban J connectivity index is 2.75. The van der Waals surface area contributed by atoms with Crippen LogP contribution in [0.3, 0.4) is 0 Å². The van der Waals surface area contributed by atoms with Crippen LogP contribution in [0.15, 0.2) is 30.3 Å². The zero-order chi connectivity index (χ0) is 16.0. The van der Waals surface area contributed by atoms with E-state index in [2.05, 4.69) is 5.73 Å². The van der Waals surface area contributed by atoms with Crippen molar-refractivity contribution >= 4 is 19.3 Å². The number of carbonyl (C=O) groups is 2. The Labute approximate surface area is 121 Å². The molecule has 1 aromatic carbocycles. The Bertz CT molecular complexity index is 547. The van der Waals surface area contributed by atoms with Crippen molar-refractivity contribution in [3.05, 3.63) is 35.9 Å². The van der Waals surface area contributed by atoms with Crippen LogP contribution in [-0.2, 0) is 20.3 Å². The summed E-state index contributed by atoms with van der Waals surface area (Å²) in [5, 5.41) is 17.8. The Kier molecular flexibility index (Phi) is 6.08. The molecule has 0 bridgehead atoms. The molecule has 0 saturated heterocycles. The van der Waals surface area contributed by atoms with E-state index in [-0.39, 0.29) is 12.6 Å². The lowest BCUT2D eigenvalue weighted by Crippen LogP contribution is -2.65. The number of hydrogen-bond donors (Lipinski definition) is 4. The van der Waals surface area contributed by atoms with Gasteiger partial charge in [0.05, 0.1) is 5.92 Å². The minimum atomic E-state index is -3.71. The van der Waals surface area contributed by atoms with Gasteiger partial charge in [-0.3, -0.25) is 9.36 Å². The van der Waals surface area contributed by atoms with E-state index in [4.69, 9.17) is 10.2 Å². The molecule has 0 aliphatic rings. The van der Waals surface area contributed by atoms with Gasteiger partial charge in [0.15, 0.2) is 6.04 Å². The first-order valence-corrected chi connectivity index (χ1v) is 8.38. The molecule has 0 saturated carbocycles. The Morgan fingerprint density at radius 3 is 2.19 bits per heavy atom. The van der Waals surface area contributed by atoms with Gasteiger partial charge in [-0.25, -0.2) is 4.79 Å². The highest BCUT2D eigenvalue weighted by Gasteiger charge is 2.33. The van der Waals surface area contributed by atoms with Crippen LogP contribution in [0.2, 0.25) is 0 Å². The van der Waals surface area contributed by atoms with Gasteiger partial charge in [0.25, 0.3) is 0 Å². The number of aliphatic carboxylic acids is 2. The lowest BCUT2D eigenvalue weighted by atomic mass is 10.0. The van der Waals surface area contributed by atoms with Crippen molar-refractivity contribution in [3.8, 4) is 0 Å². The van der Waals surface area contributed by atoms with Crippen LogP contribution >= 0.6 is 7.37 Å². The highest BCUT2D eigenvalue weighted by molar-refractivity contribution is 7.57. The molecule has 0 spiro atoms. The van der Waals surface area contributed by atoms with Crippen molar-refractivity contribution in [2.45, 2.75) is 18.6 Å². The summed E-state index contributed by atoms with van der Waals surface area (Å²) in [4.78, 5) is 31.8. The number of quaternary nitrogens is 1. The Morgan fingerprint density at radius 1 is 1.14 bits per heavy atom. The molecule has 0 amide bonds. The number of carboxylic acids is 2. The van der Waals surface area contributed by atoms with Crippen LogP contribution < -0.4 is 5.73 Å². The average molecular weight is 316 g/mol. The monoisotopic (exact) mass is 316 g/mol. The summed E-state index contributed by atoms with van der Waals surface area (Å²) in [5.41, 5.74) is 3.98. The third-order valence-electron chi connectivity index (χ3n) is 3.05. The number of hydrogen-bond acceptors (Lipinski definition) is 3. The molecule has 3 atom stereocenters. The molecule has 1 rings (SSSR count). The zero-order valence-electron chi connectivity index (χ0n) is 11.4. The van der Waals surface area contributed by atoms with Crippen molar-refractivity contribution in [1.29, 1.82) is 0 Å². The van der Waals surface area contributed by atoms with Gasteiger partial charge in [0, 0.05) is 18.7 Å². The quantitative estimate of drug-likeness (QED) is 0.507. The highest BCUT2D eigenvalue weighted by Crippen LogP contribution is 2.46. The molecule has 6 N–H and O–H groups in total. The summed E-state index contributed by atoms with van der Waals surface area (Å²) in [6, 6.07) is 7.45. The van der Waals surface area contributed by atoms with Gasteiger partial charge in [-0.2, -0.15) is 0 Å². The van der Waals surface area contributed by atoms with Gasteiger partial charge < -0.3 is 20.8 Å². The molecule has 0 fully saturated rings. The van der Waals surface area contributed by atoms with E-state index >= 15 is 0 Å². The molecule has 21 heavy (non-hydrogen) atoms. The number of benzene rings is 1. The van der Waals surface area contributed by atoms with Gasteiger partial charge in [-0.15, -0.1) is 0 Å². The van der Waals surface area contributed by atoms with Gasteiger partial charge in [0.2, 0.25) is 7.37 Å². The van der Waals surface area contributed by atoms with Crippen molar-refractivity contribution in [2.24, 2.45) is 5.92 Å². The van der Waals surface area contributed by atoms with E-state index < -0.39 is 37.4 Å². The molecule has 1 aromatic rings. The molecule has 0 aliphatic heterocycles. The summed E-state index contributed by atoms with van der Waals surface area (Å²) < 4.78 is 12.2. The van der Waals surface area contributed by atoms with E-state index in [9.17, 15) is 19.0 Å². The van der Waals surface area contributed by atoms with E-state index in [1.165, 1.54) is 0 Å². The average Bonchev–Trinajstić information content (AvgIpc) is 2.37. The molecule has 0 aromatic heterocycles. The van der Waals surface area contributed by atoms with E-state index in [1.807, 2.05) is 0 Å². The molecule has 2 unspecified atom stereocenters. The maximum absolute atomic E-state index is 12.2. The summed E-state index contributed by atoms with van der Waals surface area (Å²) in [6.07, 6.45) is -0.868. The normalized spacial score (nSPS) is 16.7. The maximum Gasteiger partial charge on any atom is 0.362 e. The second-order valence-corrected chi connectivity index (χ2v) is 7.35. The van der Waals surface area contributed by atoms with Crippen molar-refractivity contribution < 1.29 is 35.0 Å². The van der Waals surface area contributed by atoms with Crippen LogP contribution in [0.1, 0.15) is 12.0 Å². The second-order valence-electron chi connectivity index (χ2n) is 4.98. The fourth-order valence-corrected chi connectivity index (χ4v) is 3.88. The van der Waals surface area contributed by atoms with E-state index in [1.54, 1.807) is 30.3 Å². The predicted octanol–water partition coefficient (Wildman–Crippen LogP) is 0.243. The minimum Gasteiger partial charge on any atom is -0.481 e. The lowest BCUT2D eigenvalue weighted by Gasteiger charge is -2.17. The second kappa shape index (κ2) is 7.36. The third-order valence-corrected chi connectivity index (χ3v) is 4.92. The Hall–Kier alpha value is -1.69. The molecule has 7 nitrogen and oxygen atoms in total. The molecular weight excluding hydrogens is 297 g/mol. The van der Waals surface area contributed by atoms with Gasteiger partial charge in [0.1, 0.15) is 0 Å². The van der Waals surface area contributed by atoms with Gasteiger partial charge >= 0.3 is 11.9 Å². The van der Waals surface area contributed by atoms with Crippen molar-refractivity contribution in [1.82, 2.24) is 0 Å². The highest BCUT2D eigenvalue weighted by atomic mass is 31.2. The molecule has 0 radical (unpaired) electrons. The predicted molar refractivity (Wildman–Crippen MR) is 74.9 cm³/mol. The van der Waals surface area contributed by atoms with Gasteiger partial charge in [-0.1, -0.05) is 30.3 Å². The van der Waals surface area contributed by atoms with E-state index in [0.717, 1.165) is 0 Å². The largest absolute Gasteiger partial charge is 0.481 e. The lowest BCUT2D eigenvalue weighted by molar-refractivity contribution is -0.410. The summed E-state index contributed by atoms with van der Waals surface area (Å²) in [7, 11) is -3.71. The van der Waals surface area contributed by atoms with Crippen molar-refractivity contribution in [3.63, 3.8) is 0 Å². The fraction of sp³-hybridized carbons (Fsp3) is 0.385. The molecule has 0 aliphatic carbocycles. The first-order chi connectivity index (χ1) is 9.71. The molecular formula is C13H19NO6P+. The molecule has 116 valence electrons. The number of rotatable bonds is 8. The molecule has 0 heterocycles. The third kappa shape index (κ3) is 6.08. The fourth-order valence-electron chi connectivity index (χ4n) is 1.98. The van der Waals surface area contributed by atoms with Crippen LogP contribution in [0, 0.1) is 5.92 Å². The van der Waals surface area contributed by atoms with Gasteiger partial charge in [-0.05, 0) is 5.56 Å². The van der Waals surface area contributed by atoms with Crippen LogP contribution in [0.4, 0.5) is 0 Å². The minimum absolute atomic E-state index is 0.132. The topological polar surface area (TPSA) is 140 Å². The smallest absolute Gasteiger partial charge is 0.362 e. The van der Waals surface area contributed by atoms with Crippen LogP contribution in [-0.4, -0.2) is 39.2 Å². The zero-order valence-corrected chi connectivity index (χ0v) is 12.3. The standard InChI is InChI=1S/C13H18NO6P/c14-11(13(17)18)6-10(12(15)16)8-21(19,20)7-9-4-2-1-3-5-9/h1-5,10-11H,6-8,14H2,(H,15,16)(H,17,18)(H,19,20)/p+1/t10?,11-/m0/s1. The summed E-state index contributed by atoms with van der Waals surface area (Å²) in [5.74, 6) is -3.72.